The molecule has 4 heteroatoms. The van der Waals surface area contributed by atoms with Crippen LogP contribution in [-0.4, -0.2) is 11.7 Å². The van der Waals surface area contributed by atoms with Crippen molar-refractivity contribution in [2.75, 3.05) is 0 Å². The van der Waals surface area contributed by atoms with Gasteiger partial charge in [-0.1, -0.05) is 0 Å². The topological polar surface area (TPSA) is 57.9 Å². The Morgan fingerprint density at radius 2 is 1.89 bits per heavy atom. The molecular weight excluding hydrogens is 290 g/mol. The fourth-order valence-corrected chi connectivity index (χ4v) is 0.267. The summed E-state index contributed by atoms with van der Waals surface area (Å²) in [4.78, 5) is 20.0. The smallest absolute Gasteiger partial charge is 0.667 e. The monoisotopic (exact) mass is 297 g/mol. The van der Waals surface area contributed by atoms with E-state index in [4.69, 9.17) is 5.73 Å². The molecule has 9 heavy (non-hydrogen) atoms. The third-order valence-electron chi connectivity index (χ3n) is 0.637. The Hall–Kier alpha value is -0.172. The second-order valence-corrected chi connectivity index (χ2v) is 1.39. The molecule has 1 N–H and O–H groups in total. The van der Waals surface area contributed by atoms with Gasteiger partial charge in [0.15, 0.2) is 0 Å². The molecule has 1 amide bonds. The first-order valence-corrected chi connectivity index (χ1v) is 2.22. The molecular formula is C5H7NO2W. The maximum Gasteiger partial charge on any atom is 2.00 e. The van der Waals surface area contributed by atoms with Gasteiger partial charge in [0, 0.05) is 6.42 Å². The summed E-state index contributed by atoms with van der Waals surface area (Å²) in [5.74, 6) is -1.11. The summed E-state index contributed by atoms with van der Waals surface area (Å²) in [5, 5.41) is 0. The van der Waals surface area contributed by atoms with Crippen molar-refractivity contribution in [2.24, 2.45) is 0 Å². The molecule has 0 aliphatic carbocycles. The van der Waals surface area contributed by atoms with Gasteiger partial charge in [-0.25, -0.2) is 0 Å². The molecule has 0 spiro atoms. The van der Waals surface area contributed by atoms with Crippen LogP contribution in [0.3, 0.4) is 0 Å². The Bertz CT molecular complexity index is 114. The molecule has 0 aromatic rings. The molecule has 0 bridgehead atoms. The van der Waals surface area contributed by atoms with Crippen LogP contribution in [0.5, 0.6) is 0 Å². The van der Waals surface area contributed by atoms with Gasteiger partial charge in [0.2, 0.25) is 0 Å². The summed E-state index contributed by atoms with van der Waals surface area (Å²) in [6, 6.07) is 0. The fourth-order valence-electron chi connectivity index (χ4n) is 0.267. The van der Waals surface area contributed by atoms with Crippen molar-refractivity contribution in [3.8, 4) is 0 Å². The van der Waals surface area contributed by atoms with Crippen LogP contribution in [0.25, 0.3) is 5.73 Å². The largest absolute Gasteiger partial charge is 2.00 e. The van der Waals surface area contributed by atoms with Gasteiger partial charge in [0.1, 0.15) is 5.78 Å². The number of hydrogen-bond acceptors (Lipinski definition) is 2. The second kappa shape index (κ2) is 5.96. The molecule has 0 aliphatic rings. The summed E-state index contributed by atoms with van der Waals surface area (Å²) in [6.45, 7) is 3.25. The van der Waals surface area contributed by atoms with Crippen LogP contribution in [0, 0.1) is 6.92 Å². The quantitative estimate of drug-likeness (QED) is 0.570. The Morgan fingerprint density at radius 3 is 2.00 bits per heavy atom. The molecule has 0 saturated heterocycles. The minimum Gasteiger partial charge on any atom is -0.667 e. The van der Waals surface area contributed by atoms with Crippen LogP contribution >= 0.6 is 0 Å². The van der Waals surface area contributed by atoms with Crippen molar-refractivity contribution in [2.45, 2.75) is 12.8 Å². The van der Waals surface area contributed by atoms with E-state index in [1.54, 1.807) is 0 Å². The maximum atomic E-state index is 10.2. The zero-order chi connectivity index (χ0) is 6.57. The predicted octanol–water partition coefficient (Wildman–Crippen LogP) is 0.746. The van der Waals surface area contributed by atoms with Crippen molar-refractivity contribution in [3.05, 3.63) is 12.7 Å². The van der Waals surface area contributed by atoms with E-state index < -0.39 is 5.91 Å². The van der Waals surface area contributed by atoms with Gasteiger partial charge >= 0.3 is 21.1 Å². The summed E-state index contributed by atoms with van der Waals surface area (Å²) in [7, 11) is 0. The average molecular weight is 297 g/mol. The van der Waals surface area contributed by atoms with Gasteiger partial charge in [0.25, 0.3) is 0 Å². The van der Waals surface area contributed by atoms with E-state index in [0.29, 0.717) is 0 Å². The Morgan fingerprint density at radius 1 is 1.44 bits per heavy atom. The molecule has 0 unspecified atom stereocenters. The zero-order valence-corrected chi connectivity index (χ0v) is 7.78. The van der Waals surface area contributed by atoms with Crippen molar-refractivity contribution < 1.29 is 30.7 Å². The van der Waals surface area contributed by atoms with Crippen LogP contribution in [-0.2, 0) is 30.7 Å². The van der Waals surface area contributed by atoms with E-state index in [1.807, 2.05) is 0 Å². The van der Waals surface area contributed by atoms with E-state index in [9.17, 15) is 9.59 Å². The number of carbonyl (C=O) groups is 2. The number of rotatable bonds is 3. The number of nitrogens with one attached hydrogen (secondary N) is 1. The van der Waals surface area contributed by atoms with Crippen LogP contribution in [0.1, 0.15) is 12.8 Å². The minimum absolute atomic E-state index is 0. The van der Waals surface area contributed by atoms with E-state index in [2.05, 4.69) is 6.92 Å². The summed E-state index contributed by atoms with van der Waals surface area (Å²) >= 11 is 0. The van der Waals surface area contributed by atoms with Gasteiger partial charge in [-0.05, 0) is 0 Å². The normalized spacial score (nSPS) is 7.67. The van der Waals surface area contributed by atoms with Crippen LogP contribution in [0.2, 0.25) is 0 Å². The van der Waals surface area contributed by atoms with Crippen molar-refractivity contribution in [1.82, 2.24) is 0 Å². The van der Waals surface area contributed by atoms with E-state index in [1.165, 1.54) is 0 Å². The Kier molecular flexibility index (Phi) is 7.68. The number of hydrogen-bond donors (Lipinski definition) is 0. The summed E-state index contributed by atoms with van der Waals surface area (Å²) < 4.78 is 0. The van der Waals surface area contributed by atoms with Gasteiger partial charge in [-0.2, -0.15) is 0 Å². The molecule has 50 valence electrons. The fraction of sp³-hybridized carbons (Fsp3) is 0.400. The Balaban J connectivity index is 0. The van der Waals surface area contributed by atoms with Gasteiger partial charge in [-0.3, -0.25) is 0 Å². The molecule has 0 aliphatic heterocycles. The van der Waals surface area contributed by atoms with Crippen molar-refractivity contribution in [1.29, 1.82) is 0 Å². The first-order chi connectivity index (χ1) is 3.66. The van der Waals surface area contributed by atoms with E-state index in [0.717, 1.165) is 0 Å². The SMILES string of the molecule is [CH2-]CC(=O)CC([NH-])=O.[W+2]. The zero-order valence-electron chi connectivity index (χ0n) is 4.85. The maximum absolute atomic E-state index is 10.2. The van der Waals surface area contributed by atoms with Crippen LogP contribution < -0.4 is 0 Å². The average Bonchev–Trinajstić information content (AvgIpc) is 1.65. The first-order valence-electron chi connectivity index (χ1n) is 2.22. The number of carbonyl (C=O) groups excluding carboxylic acids is 2. The Labute approximate surface area is 68.3 Å². The molecule has 0 rings (SSSR count). The first kappa shape index (κ1) is 11.6. The molecule has 0 heterocycles. The van der Waals surface area contributed by atoms with Crippen LogP contribution in [0.4, 0.5) is 0 Å². The van der Waals surface area contributed by atoms with Crippen molar-refractivity contribution in [3.63, 3.8) is 0 Å². The molecule has 0 fully saturated rings. The third-order valence-corrected chi connectivity index (χ3v) is 0.637. The predicted molar refractivity (Wildman–Crippen MR) is 28.9 cm³/mol. The molecule has 0 radical (unpaired) electrons. The molecule has 0 aromatic carbocycles. The molecule has 0 aromatic heterocycles. The van der Waals surface area contributed by atoms with Gasteiger partial charge in [-0.15, -0.1) is 6.42 Å². The molecule has 0 saturated carbocycles. The van der Waals surface area contributed by atoms with E-state index >= 15 is 0 Å². The minimum atomic E-state index is -0.835. The number of amides is 1. The van der Waals surface area contributed by atoms with E-state index in [-0.39, 0.29) is 39.7 Å². The number of ketones is 1. The second-order valence-electron chi connectivity index (χ2n) is 1.39. The summed E-state index contributed by atoms with van der Waals surface area (Å²) in [6.07, 6.45) is -0.186. The van der Waals surface area contributed by atoms with Crippen molar-refractivity contribution >= 4 is 11.7 Å². The standard InChI is InChI=1S/C5H8NO2.W/c1-2-4(7)3-5(6)8;/h1-3H2,(H2,6,8);/q-1;+2/p-1. The van der Waals surface area contributed by atoms with Crippen LogP contribution in [0.15, 0.2) is 0 Å². The van der Waals surface area contributed by atoms with Gasteiger partial charge in [0.05, 0.1) is 5.91 Å². The van der Waals surface area contributed by atoms with Gasteiger partial charge < -0.3 is 22.2 Å². The molecule has 0 atom stereocenters. The number of Topliss-reactive ketones (excluding diaryl/α,β-unsaturated/α-hetero) is 1. The summed E-state index contributed by atoms with van der Waals surface area (Å²) in [5.41, 5.74) is 6.32. The third kappa shape index (κ3) is 7.83. The molecule has 3 nitrogen and oxygen atoms in total.